The number of nitrogens with zero attached hydrogens (tertiary/aromatic N) is 1. The fraction of sp³-hybridized carbons (Fsp3) is 0.273. The predicted molar refractivity (Wildman–Crippen MR) is 63.0 cm³/mol. The fourth-order valence-corrected chi connectivity index (χ4v) is 2.83. The van der Waals surface area contributed by atoms with Crippen LogP contribution in [-0.4, -0.2) is 44.7 Å². The summed E-state index contributed by atoms with van der Waals surface area (Å²) in [6.45, 7) is 0. The Balaban J connectivity index is 2.31. The van der Waals surface area contributed by atoms with E-state index in [-0.39, 0.29) is 22.9 Å². The van der Waals surface area contributed by atoms with E-state index in [1.807, 2.05) is 0 Å². The number of phenols is 1. The summed E-state index contributed by atoms with van der Waals surface area (Å²) in [6.07, 6.45) is 0. The quantitative estimate of drug-likeness (QED) is 0.843. The van der Waals surface area contributed by atoms with Gasteiger partial charge in [0.15, 0.2) is 0 Å². The van der Waals surface area contributed by atoms with Gasteiger partial charge in [-0.05, 0) is 18.2 Å². The zero-order valence-electron chi connectivity index (χ0n) is 9.17. The second-order valence-corrected chi connectivity index (χ2v) is 4.79. The Labute approximate surface area is 106 Å². The second kappa shape index (κ2) is 4.85. The van der Waals surface area contributed by atoms with E-state index in [4.69, 9.17) is 5.11 Å². The predicted octanol–water partition coefficient (Wildman–Crippen LogP) is 1.13. The monoisotopic (exact) mass is 271 g/mol. The van der Waals surface area contributed by atoms with Crippen molar-refractivity contribution in [3.63, 3.8) is 0 Å². The molecule has 0 aliphatic carbocycles. The normalized spacial score (nSPS) is 18.9. The van der Waals surface area contributed by atoms with Crippen molar-refractivity contribution in [1.29, 1.82) is 0 Å². The second-order valence-electron chi connectivity index (χ2n) is 3.79. The van der Waals surface area contributed by atoms with E-state index in [2.05, 4.69) is 0 Å². The lowest BCUT2D eigenvalue weighted by molar-refractivity contribution is -0.140. The first-order valence-corrected chi connectivity index (χ1v) is 6.26. The minimum Gasteiger partial charge on any atom is -0.507 e. The maximum Gasteiger partial charge on any atom is 0.327 e. The Morgan fingerprint density at radius 3 is 2.83 bits per heavy atom. The first-order chi connectivity index (χ1) is 8.50. The van der Waals surface area contributed by atoms with Gasteiger partial charge in [-0.2, -0.15) is 0 Å². The number of hydrogen-bond donors (Lipinski definition) is 2. The number of phenolic OH excluding ortho intramolecular Hbond substituents is 1. The smallest absolute Gasteiger partial charge is 0.327 e. The van der Waals surface area contributed by atoms with Crippen LogP contribution in [0.3, 0.4) is 0 Å². The van der Waals surface area contributed by atoms with Gasteiger partial charge in [-0.25, -0.2) is 9.18 Å². The van der Waals surface area contributed by atoms with E-state index in [0.717, 1.165) is 23.1 Å². The van der Waals surface area contributed by atoms with E-state index in [1.165, 1.54) is 11.8 Å². The number of carbonyl (C=O) groups is 2. The van der Waals surface area contributed by atoms with Crippen molar-refractivity contribution in [2.24, 2.45) is 0 Å². The van der Waals surface area contributed by atoms with Crippen molar-refractivity contribution in [2.45, 2.75) is 6.04 Å². The Hall–Kier alpha value is -1.76. The Morgan fingerprint density at radius 2 is 2.17 bits per heavy atom. The first kappa shape index (κ1) is 12.7. The molecule has 1 amide bonds. The summed E-state index contributed by atoms with van der Waals surface area (Å²) in [7, 11) is 0. The molecule has 2 N–H and O–H groups in total. The molecule has 1 saturated heterocycles. The van der Waals surface area contributed by atoms with E-state index in [0.29, 0.717) is 0 Å². The van der Waals surface area contributed by atoms with Crippen LogP contribution in [0.2, 0.25) is 0 Å². The molecule has 1 aliphatic rings. The van der Waals surface area contributed by atoms with Gasteiger partial charge in [0, 0.05) is 5.75 Å². The molecule has 0 aromatic heterocycles. The molecule has 5 nitrogen and oxygen atoms in total. The van der Waals surface area contributed by atoms with E-state index in [1.54, 1.807) is 0 Å². The minimum absolute atomic E-state index is 0.214. The van der Waals surface area contributed by atoms with Crippen molar-refractivity contribution in [3.8, 4) is 5.75 Å². The van der Waals surface area contributed by atoms with Gasteiger partial charge in [0.25, 0.3) is 5.91 Å². The molecule has 1 aromatic rings. The van der Waals surface area contributed by atoms with Crippen molar-refractivity contribution >= 4 is 23.6 Å². The van der Waals surface area contributed by atoms with Gasteiger partial charge in [-0.3, -0.25) is 4.79 Å². The Morgan fingerprint density at radius 1 is 1.44 bits per heavy atom. The third-order valence-electron chi connectivity index (χ3n) is 2.62. The summed E-state index contributed by atoms with van der Waals surface area (Å²) in [4.78, 5) is 24.1. The highest BCUT2D eigenvalue weighted by molar-refractivity contribution is 7.99. The lowest BCUT2D eigenvalue weighted by Gasteiger charge is -2.20. The average Bonchev–Trinajstić information content (AvgIpc) is 2.80. The molecule has 0 radical (unpaired) electrons. The molecule has 96 valence electrons. The summed E-state index contributed by atoms with van der Waals surface area (Å²) in [5.74, 6) is -2.30. The zero-order valence-corrected chi connectivity index (χ0v) is 9.98. The van der Waals surface area contributed by atoms with Gasteiger partial charge in [-0.15, -0.1) is 11.8 Å². The maximum atomic E-state index is 13.0. The van der Waals surface area contributed by atoms with Crippen LogP contribution in [0.5, 0.6) is 5.75 Å². The highest BCUT2D eigenvalue weighted by atomic mass is 32.2. The summed E-state index contributed by atoms with van der Waals surface area (Å²) < 4.78 is 13.0. The van der Waals surface area contributed by atoms with E-state index < -0.39 is 23.7 Å². The van der Waals surface area contributed by atoms with Gasteiger partial charge in [0.2, 0.25) is 0 Å². The lowest BCUT2D eigenvalue weighted by Crippen LogP contribution is -2.41. The molecule has 0 spiro atoms. The molecule has 2 rings (SSSR count). The fourth-order valence-electron chi connectivity index (χ4n) is 1.68. The van der Waals surface area contributed by atoms with E-state index in [9.17, 15) is 19.1 Å². The number of carboxylic acids is 1. The molecular weight excluding hydrogens is 261 g/mol. The topological polar surface area (TPSA) is 77.8 Å². The Kier molecular flexibility index (Phi) is 3.42. The van der Waals surface area contributed by atoms with E-state index >= 15 is 0 Å². The minimum atomic E-state index is -1.11. The van der Waals surface area contributed by atoms with Gasteiger partial charge in [-0.1, -0.05) is 0 Å². The highest BCUT2D eigenvalue weighted by Gasteiger charge is 2.35. The molecular formula is C11H10FNO4S. The zero-order chi connectivity index (χ0) is 13.3. The number of halogens is 1. The van der Waals surface area contributed by atoms with Crippen molar-refractivity contribution in [3.05, 3.63) is 29.6 Å². The molecule has 7 heteroatoms. The van der Waals surface area contributed by atoms with Crippen LogP contribution < -0.4 is 0 Å². The van der Waals surface area contributed by atoms with Crippen LogP contribution in [0, 0.1) is 5.82 Å². The Bertz CT molecular complexity index is 508. The molecule has 0 saturated carbocycles. The van der Waals surface area contributed by atoms with Crippen LogP contribution in [0.1, 0.15) is 10.4 Å². The molecule has 1 unspecified atom stereocenters. The molecule has 1 aromatic carbocycles. The molecule has 0 bridgehead atoms. The number of rotatable bonds is 2. The molecule has 1 heterocycles. The molecule has 1 aliphatic heterocycles. The number of benzene rings is 1. The maximum absolute atomic E-state index is 13.0. The average molecular weight is 271 g/mol. The van der Waals surface area contributed by atoms with Crippen molar-refractivity contribution < 1.29 is 24.2 Å². The number of aromatic hydroxyl groups is 1. The number of aliphatic carboxylic acids is 1. The van der Waals surface area contributed by atoms with Crippen molar-refractivity contribution in [1.82, 2.24) is 4.90 Å². The van der Waals surface area contributed by atoms with Gasteiger partial charge in [0.05, 0.1) is 11.4 Å². The standard InChI is InChI=1S/C11H10FNO4S/c12-6-1-2-9(14)7(3-6)10(15)13-5-18-4-8(13)11(16)17/h1-3,8,14H,4-5H2,(H,16,17). The summed E-state index contributed by atoms with van der Waals surface area (Å²) in [5, 5.41) is 18.5. The molecule has 18 heavy (non-hydrogen) atoms. The number of carbonyl (C=O) groups excluding carboxylic acids is 1. The third-order valence-corrected chi connectivity index (χ3v) is 3.63. The van der Waals surface area contributed by atoms with Crippen LogP contribution >= 0.6 is 11.8 Å². The third kappa shape index (κ3) is 2.26. The summed E-state index contributed by atoms with van der Waals surface area (Å²) in [6, 6.07) is 2.06. The van der Waals surface area contributed by atoms with Crippen molar-refractivity contribution in [2.75, 3.05) is 11.6 Å². The lowest BCUT2D eigenvalue weighted by atomic mass is 10.1. The summed E-state index contributed by atoms with van der Waals surface area (Å²) in [5.41, 5.74) is -0.219. The highest BCUT2D eigenvalue weighted by Crippen LogP contribution is 2.26. The first-order valence-electron chi connectivity index (χ1n) is 5.10. The van der Waals surface area contributed by atoms with Crippen LogP contribution in [0.25, 0.3) is 0 Å². The largest absolute Gasteiger partial charge is 0.507 e. The SMILES string of the molecule is O=C(O)C1CSCN1C(=O)c1cc(F)ccc1O. The number of hydrogen-bond acceptors (Lipinski definition) is 4. The number of amides is 1. The van der Waals surface area contributed by atoms with Crippen LogP contribution in [0.4, 0.5) is 4.39 Å². The molecule has 1 fully saturated rings. The summed E-state index contributed by atoms with van der Waals surface area (Å²) >= 11 is 1.30. The number of thioether (sulfide) groups is 1. The molecule has 1 atom stereocenters. The van der Waals surface area contributed by atoms with Gasteiger partial charge in [0.1, 0.15) is 17.6 Å². The van der Waals surface area contributed by atoms with Crippen LogP contribution in [0.15, 0.2) is 18.2 Å². The van der Waals surface area contributed by atoms with Gasteiger partial charge < -0.3 is 15.1 Å². The number of carboxylic acid groups (broad SMARTS) is 1. The van der Waals surface area contributed by atoms with Crippen LogP contribution in [-0.2, 0) is 4.79 Å². The van der Waals surface area contributed by atoms with Gasteiger partial charge >= 0.3 is 5.97 Å².